The van der Waals surface area contributed by atoms with Crippen LogP contribution in [0, 0.1) is 0 Å². The second-order valence-electron chi connectivity index (χ2n) is 4.94. The molecule has 0 aromatic carbocycles. The highest BCUT2D eigenvalue weighted by molar-refractivity contribution is 7.54. The molecule has 0 spiro atoms. The van der Waals surface area contributed by atoms with Gasteiger partial charge in [-0.25, -0.2) is 0 Å². The molecule has 136 valence electrons. The first-order valence-electron chi connectivity index (χ1n) is 7.89. The minimum Gasteiger partial charge on any atom is -0.343 e. The Morgan fingerprint density at radius 3 is 2.13 bits per heavy atom. The van der Waals surface area contributed by atoms with Gasteiger partial charge in [-0.1, -0.05) is 13.3 Å². The standard InChI is InChI=1S/C14H28ClN2O5P/c1-5-8-9-13(18)17-12(10-15)14(19)16-11(4)23(20,21-6-2)22-7-3/h11-12H,5-10H2,1-4H3,(H,16,19)(H,17,18)/t11?,12-/m0/s1. The fourth-order valence-corrected chi connectivity index (χ4v) is 3.53. The molecule has 0 aliphatic rings. The van der Waals surface area contributed by atoms with Crippen LogP contribution in [0.1, 0.15) is 47.0 Å². The van der Waals surface area contributed by atoms with Crippen molar-refractivity contribution in [3.8, 4) is 0 Å². The van der Waals surface area contributed by atoms with Crippen molar-refractivity contribution in [3.05, 3.63) is 0 Å². The molecule has 1 unspecified atom stereocenters. The summed E-state index contributed by atoms with van der Waals surface area (Å²) in [5, 5.41) is 5.12. The molecular formula is C14H28ClN2O5P. The van der Waals surface area contributed by atoms with Crippen molar-refractivity contribution < 1.29 is 23.2 Å². The molecule has 0 bridgehead atoms. The number of amides is 2. The van der Waals surface area contributed by atoms with Crippen LogP contribution in [0.25, 0.3) is 0 Å². The van der Waals surface area contributed by atoms with E-state index in [1.165, 1.54) is 6.92 Å². The normalized spacial score (nSPS) is 14.1. The fourth-order valence-electron chi connectivity index (χ4n) is 1.78. The molecular weight excluding hydrogens is 343 g/mol. The predicted molar refractivity (Wildman–Crippen MR) is 90.6 cm³/mol. The Morgan fingerprint density at radius 1 is 1.13 bits per heavy atom. The van der Waals surface area contributed by atoms with Crippen LogP contribution in [-0.4, -0.2) is 42.7 Å². The van der Waals surface area contributed by atoms with E-state index in [4.69, 9.17) is 20.6 Å². The lowest BCUT2D eigenvalue weighted by Crippen LogP contribution is -2.50. The maximum absolute atomic E-state index is 12.5. The number of halogens is 1. The average molecular weight is 371 g/mol. The maximum Gasteiger partial charge on any atom is 0.352 e. The average Bonchev–Trinajstić information content (AvgIpc) is 2.50. The van der Waals surface area contributed by atoms with Gasteiger partial charge in [0.15, 0.2) is 0 Å². The first-order chi connectivity index (χ1) is 10.8. The number of carbonyl (C=O) groups excluding carboxylic acids is 2. The largest absolute Gasteiger partial charge is 0.352 e. The zero-order chi connectivity index (χ0) is 17.9. The highest BCUT2D eigenvalue weighted by Crippen LogP contribution is 2.51. The summed E-state index contributed by atoms with van der Waals surface area (Å²) in [4.78, 5) is 23.9. The van der Waals surface area contributed by atoms with Crippen LogP contribution in [0.4, 0.5) is 0 Å². The third-order valence-electron chi connectivity index (χ3n) is 3.01. The predicted octanol–water partition coefficient (Wildman–Crippen LogP) is 2.63. The van der Waals surface area contributed by atoms with Crippen molar-refractivity contribution in [1.29, 1.82) is 0 Å². The smallest absolute Gasteiger partial charge is 0.343 e. The second kappa shape index (κ2) is 11.8. The minimum absolute atomic E-state index is 0.0794. The van der Waals surface area contributed by atoms with Gasteiger partial charge in [0.1, 0.15) is 11.8 Å². The maximum atomic E-state index is 12.5. The summed E-state index contributed by atoms with van der Waals surface area (Å²) >= 11 is 5.75. The van der Waals surface area contributed by atoms with Gasteiger partial charge in [-0.05, 0) is 27.2 Å². The van der Waals surface area contributed by atoms with Gasteiger partial charge in [0.05, 0.1) is 19.1 Å². The van der Waals surface area contributed by atoms with E-state index in [0.717, 1.165) is 12.8 Å². The molecule has 2 atom stereocenters. The first kappa shape index (κ1) is 22.4. The molecule has 0 saturated carbocycles. The first-order valence-corrected chi connectivity index (χ1v) is 10.0. The number of nitrogens with one attached hydrogen (secondary N) is 2. The number of hydrogen-bond donors (Lipinski definition) is 2. The lowest BCUT2D eigenvalue weighted by atomic mass is 10.2. The van der Waals surface area contributed by atoms with Crippen molar-refractivity contribution in [2.45, 2.75) is 58.8 Å². The summed E-state index contributed by atoms with van der Waals surface area (Å²) < 4.78 is 22.9. The number of carbonyl (C=O) groups is 2. The molecule has 0 aromatic heterocycles. The molecule has 23 heavy (non-hydrogen) atoms. The molecule has 0 radical (unpaired) electrons. The summed E-state index contributed by atoms with van der Waals surface area (Å²) in [5.41, 5.74) is 0. The minimum atomic E-state index is -3.45. The van der Waals surface area contributed by atoms with E-state index in [1.54, 1.807) is 13.8 Å². The summed E-state index contributed by atoms with van der Waals surface area (Å²) in [5.74, 6) is -1.67. The van der Waals surface area contributed by atoms with Gasteiger partial charge in [-0.3, -0.25) is 14.2 Å². The highest BCUT2D eigenvalue weighted by Gasteiger charge is 2.34. The Morgan fingerprint density at radius 2 is 1.70 bits per heavy atom. The molecule has 0 fully saturated rings. The van der Waals surface area contributed by atoms with E-state index in [9.17, 15) is 14.2 Å². The topological polar surface area (TPSA) is 93.7 Å². The monoisotopic (exact) mass is 370 g/mol. The summed E-state index contributed by atoms with van der Waals surface area (Å²) in [6.07, 6.45) is 1.96. The van der Waals surface area contributed by atoms with Crippen molar-refractivity contribution in [3.63, 3.8) is 0 Å². The number of rotatable bonds is 12. The molecule has 2 N–H and O–H groups in total. The summed E-state index contributed by atoms with van der Waals surface area (Å²) in [6, 6.07) is -0.889. The highest BCUT2D eigenvalue weighted by atomic mass is 35.5. The zero-order valence-corrected chi connectivity index (χ0v) is 15.9. The van der Waals surface area contributed by atoms with Gasteiger partial charge in [-0.2, -0.15) is 0 Å². The quantitative estimate of drug-likeness (QED) is 0.407. The van der Waals surface area contributed by atoms with Crippen molar-refractivity contribution in [1.82, 2.24) is 10.6 Å². The van der Waals surface area contributed by atoms with E-state index in [-0.39, 0.29) is 25.0 Å². The molecule has 0 heterocycles. The Kier molecular flexibility index (Phi) is 11.5. The van der Waals surface area contributed by atoms with Crippen LogP contribution >= 0.6 is 19.2 Å². The van der Waals surface area contributed by atoms with Gasteiger partial charge >= 0.3 is 7.60 Å². The third-order valence-corrected chi connectivity index (χ3v) is 5.63. The van der Waals surface area contributed by atoms with Crippen LogP contribution in [0.3, 0.4) is 0 Å². The molecule has 0 aliphatic heterocycles. The third kappa shape index (κ3) is 8.15. The van der Waals surface area contributed by atoms with Crippen LogP contribution in [0.15, 0.2) is 0 Å². The van der Waals surface area contributed by atoms with E-state index in [2.05, 4.69) is 10.6 Å². The molecule has 0 rings (SSSR count). The molecule has 0 aliphatic carbocycles. The summed E-state index contributed by atoms with van der Waals surface area (Å²) in [6.45, 7) is 7.29. The molecule has 2 amide bonds. The van der Waals surface area contributed by atoms with Gasteiger partial charge < -0.3 is 19.7 Å². The Hall–Kier alpha value is -0.620. The van der Waals surface area contributed by atoms with Gasteiger partial charge in [0, 0.05) is 6.42 Å². The van der Waals surface area contributed by atoms with E-state index >= 15 is 0 Å². The molecule has 0 aromatic rings. The number of unbranched alkanes of at least 4 members (excludes halogenated alkanes) is 1. The SMILES string of the molecule is CCCCC(=O)N[C@@H](CCl)C(=O)NC(C)P(=O)(OCC)OCC. The Labute approximate surface area is 143 Å². The zero-order valence-electron chi connectivity index (χ0n) is 14.3. The molecule has 7 nitrogen and oxygen atoms in total. The Bertz CT molecular complexity index is 412. The van der Waals surface area contributed by atoms with Crippen LogP contribution in [0.5, 0.6) is 0 Å². The van der Waals surface area contributed by atoms with Crippen molar-refractivity contribution >= 4 is 31.0 Å². The van der Waals surface area contributed by atoms with Crippen LogP contribution < -0.4 is 10.6 Å². The van der Waals surface area contributed by atoms with Crippen LogP contribution in [-0.2, 0) is 23.2 Å². The van der Waals surface area contributed by atoms with Gasteiger partial charge in [0.2, 0.25) is 11.8 Å². The van der Waals surface area contributed by atoms with Gasteiger partial charge in [-0.15, -0.1) is 11.6 Å². The van der Waals surface area contributed by atoms with E-state index in [1.807, 2.05) is 6.92 Å². The fraction of sp³-hybridized carbons (Fsp3) is 0.857. The number of hydrogen-bond acceptors (Lipinski definition) is 5. The molecule has 9 heteroatoms. The van der Waals surface area contributed by atoms with Crippen LogP contribution in [0.2, 0.25) is 0 Å². The molecule has 0 saturated heterocycles. The number of alkyl halides is 1. The lowest BCUT2D eigenvalue weighted by Gasteiger charge is -2.25. The van der Waals surface area contributed by atoms with E-state index in [0.29, 0.717) is 6.42 Å². The summed E-state index contributed by atoms with van der Waals surface area (Å²) in [7, 11) is -3.45. The Balaban J connectivity index is 4.72. The second-order valence-corrected chi connectivity index (χ2v) is 7.62. The van der Waals surface area contributed by atoms with Crippen molar-refractivity contribution in [2.75, 3.05) is 19.1 Å². The van der Waals surface area contributed by atoms with E-state index < -0.39 is 25.3 Å². The van der Waals surface area contributed by atoms with Crippen molar-refractivity contribution in [2.24, 2.45) is 0 Å². The van der Waals surface area contributed by atoms with Gasteiger partial charge in [0.25, 0.3) is 0 Å². The lowest BCUT2D eigenvalue weighted by molar-refractivity contribution is -0.128.